The lowest BCUT2D eigenvalue weighted by Crippen LogP contribution is -2.34. The van der Waals surface area contributed by atoms with Crippen molar-refractivity contribution in [1.29, 1.82) is 0 Å². The summed E-state index contributed by atoms with van der Waals surface area (Å²) in [5.41, 5.74) is 0.726. The molecule has 1 aliphatic heterocycles. The van der Waals surface area contributed by atoms with Crippen molar-refractivity contribution in [2.24, 2.45) is 5.92 Å². The largest absolute Gasteiger partial charge is 0.496 e. The van der Waals surface area contributed by atoms with Gasteiger partial charge in [-0.25, -0.2) is 0 Å². The van der Waals surface area contributed by atoms with Gasteiger partial charge in [0.1, 0.15) is 11.5 Å². The molecule has 1 aromatic rings. The van der Waals surface area contributed by atoms with Crippen LogP contribution in [-0.2, 0) is 19.1 Å². The molecule has 0 saturated carbocycles. The maximum absolute atomic E-state index is 12.0. The van der Waals surface area contributed by atoms with Gasteiger partial charge in [0.2, 0.25) is 0 Å². The first-order valence-electron chi connectivity index (χ1n) is 6.41. The van der Waals surface area contributed by atoms with E-state index in [9.17, 15) is 14.4 Å². The molecule has 114 valence electrons. The molecule has 1 heterocycles. The summed E-state index contributed by atoms with van der Waals surface area (Å²) in [6, 6.07) is 5.24. The predicted octanol–water partition coefficient (Wildman–Crippen LogP) is 2.69. The third kappa shape index (κ3) is 3.51. The summed E-state index contributed by atoms with van der Waals surface area (Å²) in [6.45, 7) is 1.49. The zero-order valence-corrected chi connectivity index (χ0v) is 13.5. The molecule has 2 rings (SSSR count). The fourth-order valence-corrected chi connectivity index (χ4v) is 2.52. The highest BCUT2D eigenvalue weighted by Gasteiger charge is 2.36. The average molecular weight is 365 g/mol. The third-order valence-corrected chi connectivity index (χ3v) is 3.65. The van der Waals surface area contributed by atoms with Crippen LogP contribution in [0.1, 0.15) is 12.5 Å². The van der Waals surface area contributed by atoms with Crippen molar-refractivity contribution < 1.29 is 23.9 Å². The average Bonchev–Trinajstić information content (AvgIpc) is 2.44. The Bertz CT molecular complexity index is 702. The van der Waals surface area contributed by atoms with E-state index in [2.05, 4.69) is 15.9 Å². The molecule has 5 nitrogen and oxygen atoms in total. The summed E-state index contributed by atoms with van der Waals surface area (Å²) in [6.07, 6.45) is 3.88. The van der Waals surface area contributed by atoms with E-state index in [4.69, 9.17) is 9.47 Å². The van der Waals surface area contributed by atoms with Crippen molar-refractivity contribution in [1.82, 2.24) is 0 Å². The molecular weight excluding hydrogens is 352 g/mol. The van der Waals surface area contributed by atoms with E-state index in [0.29, 0.717) is 5.75 Å². The summed E-state index contributed by atoms with van der Waals surface area (Å²) in [5.74, 6) is -2.56. The summed E-state index contributed by atoms with van der Waals surface area (Å²) in [4.78, 5) is 35.4. The van der Waals surface area contributed by atoms with Gasteiger partial charge in [-0.3, -0.25) is 14.4 Å². The Morgan fingerprint density at radius 1 is 1.36 bits per heavy atom. The second-order valence-corrected chi connectivity index (χ2v) is 5.50. The molecule has 1 unspecified atom stereocenters. The number of esters is 1. The Morgan fingerprint density at radius 2 is 2.09 bits per heavy atom. The van der Waals surface area contributed by atoms with Gasteiger partial charge in [0.15, 0.2) is 17.5 Å². The molecule has 0 aliphatic carbocycles. The maximum atomic E-state index is 12.0. The van der Waals surface area contributed by atoms with Gasteiger partial charge >= 0.3 is 5.97 Å². The first-order valence-corrected chi connectivity index (χ1v) is 7.21. The van der Waals surface area contributed by atoms with Crippen LogP contribution in [0.4, 0.5) is 0 Å². The predicted molar refractivity (Wildman–Crippen MR) is 83.1 cm³/mol. The Balaban J connectivity index is 2.16. The molecule has 0 saturated heterocycles. The van der Waals surface area contributed by atoms with Crippen LogP contribution in [0.15, 0.2) is 40.6 Å². The van der Waals surface area contributed by atoms with Gasteiger partial charge in [0.05, 0.1) is 11.6 Å². The van der Waals surface area contributed by atoms with E-state index in [1.165, 1.54) is 19.1 Å². The van der Waals surface area contributed by atoms with E-state index in [0.717, 1.165) is 16.1 Å². The molecule has 0 spiro atoms. The number of hydrogen-bond donors (Lipinski definition) is 0. The Kier molecular flexibility index (Phi) is 4.92. The number of carbonyl (C=O) groups excluding carboxylic acids is 3. The summed E-state index contributed by atoms with van der Waals surface area (Å²) in [7, 11) is 1.55. The number of ether oxygens (including phenoxy) is 2. The van der Waals surface area contributed by atoms with Crippen LogP contribution in [0.2, 0.25) is 0 Å². The Morgan fingerprint density at radius 3 is 2.68 bits per heavy atom. The minimum Gasteiger partial charge on any atom is -0.496 e. The monoisotopic (exact) mass is 364 g/mol. The highest BCUT2D eigenvalue weighted by molar-refractivity contribution is 9.10. The van der Waals surface area contributed by atoms with Crippen molar-refractivity contribution >= 4 is 39.5 Å². The molecule has 0 aromatic heterocycles. The standard InChI is InChI=1S/C16H13BrO5/c1-9-7-13(19)15(16(20)22-9)12(18)5-3-10-4-6-14(21-2)11(17)8-10/h3-8,15H,1-2H3. The number of methoxy groups -OCH3 is 1. The van der Waals surface area contributed by atoms with Gasteiger partial charge in [-0.2, -0.15) is 0 Å². The van der Waals surface area contributed by atoms with Crippen LogP contribution >= 0.6 is 15.9 Å². The lowest BCUT2D eigenvalue weighted by molar-refractivity contribution is -0.151. The highest BCUT2D eigenvalue weighted by atomic mass is 79.9. The van der Waals surface area contributed by atoms with E-state index < -0.39 is 23.5 Å². The number of cyclic esters (lactones) is 1. The molecule has 1 aromatic carbocycles. The molecule has 1 aliphatic rings. The minimum atomic E-state index is -1.42. The smallest absolute Gasteiger partial charge is 0.329 e. The van der Waals surface area contributed by atoms with Gasteiger partial charge in [-0.15, -0.1) is 0 Å². The normalized spacial score (nSPS) is 18.1. The van der Waals surface area contributed by atoms with Crippen LogP contribution in [0.3, 0.4) is 0 Å². The second kappa shape index (κ2) is 6.70. The quantitative estimate of drug-likeness (QED) is 0.466. The highest BCUT2D eigenvalue weighted by Crippen LogP contribution is 2.26. The van der Waals surface area contributed by atoms with Gasteiger partial charge < -0.3 is 9.47 Å². The van der Waals surface area contributed by atoms with Gasteiger partial charge in [-0.1, -0.05) is 12.1 Å². The number of benzene rings is 1. The van der Waals surface area contributed by atoms with Crippen LogP contribution in [0.25, 0.3) is 6.08 Å². The van der Waals surface area contributed by atoms with Crippen LogP contribution < -0.4 is 4.74 Å². The Hall–Kier alpha value is -2.21. The molecule has 0 N–H and O–H groups in total. The molecule has 0 amide bonds. The molecule has 0 fully saturated rings. The number of halogens is 1. The zero-order valence-electron chi connectivity index (χ0n) is 12.0. The van der Waals surface area contributed by atoms with E-state index >= 15 is 0 Å². The van der Waals surface area contributed by atoms with Crippen molar-refractivity contribution in [2.45, 2.75) is 6.92 Å². The first kappa shape index (κ1) is 16.2. The van der Waals surface area contributed by atoms with Crippen molar-refractivity contribution in [3.05, 3.63) is 46.1 Å². The molecule has 6 heteroatoms. The lowest BCUT2D eigenvalue weighted by atomic mass is 9.96. The molecule has 0 radical (unpaired) electrons. The van der Waals surface area contributed by atoms with Crippen molar-refractivity contribution in [3.63, 3.8) is 0 Å². The molecule has 0 bridgehead atoms. The van der Waals surface area contributed by atoms with Gasteiger partial charge in [-0.05, 0) is 46.6 Å². The molecular formula is C16H13BrO5. The number of carbonyl (C=O) groups is 3. The van der Waals surface area contributed by atoms with Crippen LogP contribution in [-0.4, -0.2) is 24.6 Å². The fourth-order valence-electron chi connectivity index (χ4n) is 1.96. The number of hydrogen-bond acceptors (Lipinski definition) is 5. The molecule has 22 heavy (non-hydrogen) atoms. The van der Waals surface area contributed by atoms with E-state index in [-0.39, 0.29) is 5.76 Å². The molecule has 1 atom stereocenters. The number of ketones is 2. The van der Waals surface area contributed by atoms with Gasteiger partial charge in [0, 0.05) is 6.08 Å². The van der Waals surface area contributed by atoms with Crippen molar-refractivity contribution in [3.8, 4) is 5.75 Å². The summed E-state index contributed by atoms with van der Waals surface area (Å²) < 4.78 is 10.7. The first-order chi connectivity index (χ1) is 10.4. The summed E-state index contributed by atoms with van der Waals surface area (Å²) >= 11 is 3.34. The fraction of sp³-hybridized carbons (Fsp3) is 0.188. The third-order valence-electron chi connectivity index (χ3n) is 3.03. The summed E-state index contributed by atoms with van der Waals surface area (Å²) in [5, 5.41) is 0. The van der Waals surface area contributed by atoms with Gasteiger partial charge in [0.25, 0.3) is 0 Å². The Labute approximate surface area is 135 Å². The maximum Gasteiger partial charge on any atom is 0.329 e. The van der Waals surface area contributed by atoms with E-state index in [1.54, 1.807) is 25.3 Å². The van der Waals surface area contributed by atoms with Crippen LogP contribution in [0.5, 0.6) is 5.75 Å². The SMILES string of the molecule is COc1ccc(C=CC(=O)C2C(=O)C=C(C)OC2=O)cc1Br. The minimum absolute atomic E-state index is 0.196. The van der Waals surface area contributed by atoms with Crippen molar-refractivity contribution in [2.75, 3.05) is 7.11 Å². The van der Waals surface area contributed by atoms with Crippen LogP contribution in [0, 0.1) is 5.92 Å². The lowest BCUT2D eigenvalue weighted by Gasteiger charge is -2.15. The van der Waals surface area contributed by atoms with E-state index in [1.807, 2.05) is 0 Å². The zero-order chi connectivity index (χ0) is 16.3. The second-order valence-electron chi connectivity index (χ2n) is 4.64. The number of allylic oxidation sites excluding steroid dienone is 3. The number of rotatable bonds is 4. The topological polar surface area (TPSA) is 69.7 Å².